The third-order valence-corrected chi connectivity index (χ3v) is 3.39. The van der Waals surface area contributed by atoms with Gasteiger partial charge in [0.15, 0.2) is 0 Å². The van der Waals surface area contributed by atoms with E-state index in [-0.39, 0.29) is 0 Å². The smallest absolute Gasteiger partial charge is 0.0793 e. The molecular formula is C15H15BrO. The van der Waals surface area contributed by atoms with Gasteiger partial charge in [0.2, 0.25) is 0 Å². The molecule has 0 saturated heterocycles. The van der Waals surface area contributed by atoms with Gasteiger partial charge in [0.05, 0.1) is 6.10 Å². The van der Waals surface area contributed by atoms with Crippen molar-refractivity contribution < 1.29 is 5.11 Å². The number of aliphatic hydroxyl groups is 1. The monoisotopic (exact) mass is 290 g/mol. The lowest BCUT2D eigenvalue weighted by Crippen LogP contribution is -1.97. The molecule has 0 spiro atoms. The SMILES string of the molecule is CCC(O)c1ccccc1-c1ccc(Br)cc1. The Hall–Kier alpha value is -1.12. The minimum atomic E-state index is -0.394. The zero-order valence-electron chi connectivity index (χ0n) is 9.73. The maximum Gasteiger partial charge on any atom is 0.0793 e. The van der Waals surface area contributed by atoms with Crippen molar-refractivity contribution in [3.63, 3.8) is 0 Å². The zero-order chi connectivity index (χ0) is 12.3. The minimum absolute atomic E-state index is 0.394. The van der Waals surface area contributed by atoms with Crippen molar-refractivity contribution >= 4 is 15.9 Å². The molecule has 2 aromatic rings. The normalized spacial score (nSPS) is 12.4. The van der Waals surface area contributed by atoms with Crippen LogP contribution in [0.1, 0.15) is 25.0 Å². The Bertz CT molecular complexity index is 491. The fourth-order valence-electron chi connectivity index (χ4n) is 1.90. The van der Waals surface area contributed by atoms with Gasteiger partial charge in [0, 0.05) is 4.47 Å². The Balaban J connectivity index is 2.48. The standard InChI is InChI=1S/C15H15BrO/c1-2-15(17)14-6-4-3-5-13(14)11-7-9-12(16)10-8-11/h3-10,15,17H,2H2,1H3. The number of rotatable bonds is 3. The van der Waals surface area contributed by atoms with Crippen LogP contribution in [-0.2, 0) is 0 Å². The summed E-state index contributed by atoms with van der Waals surface area (Å²) in [6.45, 7) is 1.99. The first kappa shape index (κ1) is 12.3. The van der Waals surface area contributed by atoms with E-state index in [4.69, 9.17) is 0 Å². The molecular weight excluding hydrogens is 276 g/mol. The van der Waals surface area contributed by atoms with Crippen molar-refractivity contribution in [2.75, 3.05) is 0 Å². The van der Waals surface area contributed by atoms with Crippen molar-refractivity contribution in [2.45, 2.75) is 19.4 Å². The molecule has 1 unspecified atom stereocenters. The molecule has 2 heteroatoms. The molecule has 0 aliphatic heterocycles. The van der Waals surface area contributed by atoms with Gasteiger partial charge in [-0.05, 0) is 35.2 Å². The van der Waals surface area contributed by atoms with Crippen LogP contribution < -0.4 is 0 Å². The number of aliphatic hydroxyl groups excluding tert-OH is 1. The number of hydrogen-bond acceptors (Lipinski definition) is 1. The van der Waals surface area contributed by atoms with Crippen LogP contribution in [0.25, 0.3) is 11.1 Å². The second kappa shape index (κ2) is 5.48. The van der Waals surface area contributed by atoms with E-state index in [1.807, 2.05) is 37.3 Å². The maximum atomic E-state index is 10.0. The third-order valence-electron chi connectivity index (χ3n) is 2.86. The molecule has 0 fully saturated rings. The predicted molar refractivity (Wildman–Crippen MR) is 74.8 cm³/mol. The average molecular weight is 291 g/mol. The summed E-state index contributed by atoms with van der Waals surface area (Å²) in [5.41, 5.74) is 3.24. The summed E-state index contributed by atoms with van der Waals surface area (Å²) in [7, 11) is 0. The lowest BCUT2D eigenvalue weighted by atomic mass is 9.95. The Morgan fingerprint density at radius 3 is 2.35 bits per heavy atom. The van der Waals surface area contributed by atoms with Gasteiger partial charge < -0.3 is 5.11 Å². The van der Waals surface area contributed by atoms with Crippen LogP contribution in [0.5, 0.6) is 0 Å². The number of hydrogen-bond donors (Lipinski definition) is 1. The van der Waals surface area contributed by atoms with Crippen molar-refractivity contribution in [1.29, 1.82) is 0 Å². The number of halogens is 1. The van der Waals surface area contributed by atoms with E-state index in [0.717, 1.165) is 27.6 Å². The van der Waals surface area contributed by atoms with Gasteiger partial charge in [-0.15, -0.1) is 0 Å². The first-order chi connectivity index (χ1) is 8.22. The lowest BCUT2D eigenvalue weighted by Gasteiger charge is -2.14. The van der Waals surface area contributed by atoms with Crippen LogP contribution in [0.15, 0.2) is 53.0 Å². The fourth-order valence-corrected chi connectivity index (χ4v) is 2.16. The minimum Gasteiger partial charge on any atom is -0.388 e. The first-order valence-electron chi connectivity index (χ1n) is 5.75. The van der Waals surface area contributed by atoms with E-state index in [9.17, 15) is 5.11 Å². The molecule has 2 rings (SSSR count). The quantitative estimate of drug-likeness (QED) is 0.879. The average Bonchev–Trinajstić information content (AvgIpc) is 2.39. The Morgan fingerprint density at radius 2 is 1.71 bits per heavy atom. The van der Waals surface area contributed by atoms with E-state index in [0.29, 0.717) is 0 Å². The van der Waals surface area contributed by atoms with Crippen molar-refractivity contribution in [3.8, 4) is 11.1 Å². The van der Waals surface area contributed by atoms with E-state index in [1.165, 1.54) is 0 Å². The van der Waals surface area contributed by atoms with Crippen molar-refractivity contribution in [1.82, 2.24) is 0 Å². The van der Waals surface area contributed by atoms with E-state index in [1.54, 1.807) is 0 Å². The van der Waals surface area contributed by atoms with Gasteiger partial charge >= 0.3 is 0 Å². The van der Waals surface area contributed by atoms with Crippen LogP contribution in [0, 0.1) is 0 Å². The van der Waals surface area contributed by atoms with Gasteiger partial charge in [-0.1, -0.05) is 59.3 Å². The zero-order valence-corrected chi connectivity index (χ0v) is 11.3. The molecule has 0 radical (unpaired) electrons. The van der Waals surface area contributed by atoms with Crippen LogP contribution in [0.2, 0.25) is 0 Å². The van der Waals surface area contributed by atoms with Gasteiger partial charge in [-0.2, -0.15) is 0 Å². The molecule has 0 saturated carbocycles. The van der Waals surface area contributed by atoms with Gasteiger partial charge in [-0.25, -0.2) is 0 Å². The number of benzene rings is 2. The van der Waals surface area contributed by atoms with E-state index < -0.39 is 6.10 Å². The molecule has 1 atom stereocenters. The lowest BCUT2D eigenvalue weighted by molar-refractivity contribution is 0.174. The van der Waals surface area contributed by atoms with Crippen LogP contribution in [-0.4, -0.2) is 5.11 Å². The highest BCUT2D eigenvalue weighted by Crippen LogP contribution is 2.30. The highest BCUT2D eigenvalue weighted by atomic mass is 79.9. The highest BCUT2D eigenvalue weighted by molar-refractivity contribution is 9.10. The summed E-state index contributed by atoms with van der Waals surface area (Å²) in [6, 6.07) is 16.2. The third kappa shape index (κ3) is 2.76. The Kier molecular flexibility index (Phi) is 3.97. The van der Waals surface area contributed by atoms with Gasteiger partial charge in [0.25, 0.3) is 0 Å². The first-order valence-corrected chi connectivity index (χ1v) is 6.54. The van der Waals surface area contributed by atoms with Crippen LogP contribution in [0.4, 0.5) is 0 Å². The second-order valence-electron chi connectivity index (χ2n) is 4.02. The van der Waals surface area contributed by atoms with Crippen LogP contribution >= 0.6 is 15.9 Å². The molecule has 88 valence electrons. The predicted octanol–water partition coefficient (Wildman–Crippen LogP) is 4.56. The Morgan fingerprint density at radius 1 is 1.06 bits per heavy atom. The molecule has 0 bridgehead atoms. The summed E-state index contributed by atoms with van der Waals surface area (Å²) in [5.74, 6) is 0. The molecule has 1 nitrogen and oxygen atoms in total. The second-order valence-corrected chi connectivity index (χ2v) is 4.93. The fraction of sp³-hybridized carbons (Fsp3) is 0.200. The van der Waals surface area contributed by atoms with E-state index >= 15 is 0 Å². The molecule has 0 aliphatic rings. The largest absolute Gasteiger partial charge is 0.388 e. The molecule has 1 N–H and O–H groups in total. The molecule has 0 amide bonds. The summed E-state index contributed by atoms with van der Waals surface area (Å²) in [4.78, 5) is 0. The topological polar surface area (TPSA) is 20.2 Å². The summed E-state index contributed by atoms with van der Waals surface area (Å²) in [5, 5.41) is 10.0. The molecule has 17 heavy (non-hydrogen) atoms. The van der Waals surface area contributed by atoms with Gasteiger partial charge in [-0.3, -0.25) is 0 Å². The highest BCUT2D eigenvalue weighted by Gasteiger charge is 2.10. The van der Waals surface area contributed by atoms with E-state index in [2.05, 4.69) is 34.1 Å². The van der Waals surface area contributed by atoms with Crippen LogP contribution in [0.3, 0.4) is 0 Å². The summed E-state index contributed by atoms with van der Waals surface area (Å²) < 4.78 is 1.06. The maximum absolute atomic E-state index is 10.0. The molecule has 0 aliphatic carbocycles. The summed E-state index contributed by atoms with van der Waals surface area (Å²) >= 11 is 3.43. The summed E-state index contributed by atoms with van der Waals surface area (Å²) in [6.07, 6.45) is 0.336. The molecule has 0 heterocycles. The molecule has 2 aromatic carbocycles. The Labute approximate surface area is 110 Å². The van der Waals surface area contributed by atoms with Crippen molar-refractivity contribution in [2.24, 2.45) is 0 Å². The molecule has 0 aromatic heterocycles. The van der Waals surface area contributed by atoms with Crippen molar-refractivity contribution in [3.05, 3.63) is 58.6 Å². The van der Waals surface area contributed by atoms with Gasteiger partial charge in [0.1, 0.15) is 0 Å².